The van der Waals surface area contributed by atoms with Gasteiger partial charge in [-0.2, -0.15) is 0 Å². The molecule has 1 aromatic rings. The summed E-state index contributed by atoms with van der Waals surface area (Å²) in [5.41, 5.74) is 1.06. The largest absolute Gasteiger partial charge is 0.383 e. The van der Waals surface area contributed by atoms with E-state index in [9.17, 15) is 4.39 Å². The number of thioether (sulfide) groups is 1. The van der Waals surface area contributed by atoms with Crippen LogP contribution >= 0.6 is 11.8 Å². The summed E-state index contributed by atoms with van der Waals surface area (Å²) in [5.74, 6) is -0.153. The zero-order valence-electron chi connectivity index (χ0n) is 11.5. The third-order valence-electron chi connectivity index (χ3n) is 3.42. The average molecular weight is 283 g/mol. The van der Waals surface area contributed by atoms with Crippen LogP contribution in [0.3, 0.4) is 0 Å². The Kier molecular flexibility index (Phi) is 6.14. The summed E-state index contributed by atoms with van der Waals surface area (Å²) in [6.45, 7) is 2.18. The maximum absolute atomic E-state index is 13.4. The summed E-state index contributed by atoms with van der Waals surface area (Å²) in [6.07, 6.45) is 5.25. The summed E-state index contributed by atoms with van der Waals surface area (Å²) in [7, 11) is 1.69. The summed E-state index contributed by atoms with van der Waals surface area (Å²) in [5, 5.41) is 4.00. The Labute approximate surface area is 119 Å². The van der Waals surface area contributed by atoms with E-state index in [1.54, 1.807) is 19.2 Å². The first-order valence-corrected chi connectivity index (χ1v) is 7.82. The molecule has 0 aromatic heterocycles. The molecule has 19 heavy (non-hydrogen) atoms. The van der Waals surface area contributed by atoms with Crippen LogP contribution in [0.25, 0.3) is 0 Å². The third-order valence-corrected chi connectivity index (χ3v) is 4.87. The molecule has 1 saturated carbocycles. The molecule has 2 nitrogen and oxygen atoms in total. The van der Waals surface area contributed by atoms with Crippen molar-refractivity contribution in [1.29, 1.82) is 0 Å². The summed E-state index contributed by atoms with van der Waals surface area (Å²) >= 11 is 1.91. The molecule has 0 spiro atoms. The van der Waals surface area contributed by atoms with Gasteiger partial charge in [0.25, 0.3) is 0 Å². The lowest BCUT2D eigenvalue weighted by atomic mass is 10.2. The van der Waals surface area contributed by atoms with Crippen LogP contribution in [0.2, 0.25) is 0 Å². The van der Waals surface area contributed by atoms with Gasteiger partial charge in [-0.05, 0) is 36.6 Å². The van der Waals surface area contributed by atoms with Gasteiger partial charge in [0.05, 0.1) is 6.61 Å². The summed E-state index contributed by atoms with van der Waals surface area (Å²) in [4.78, 5) is 1.22. The highest BCUT2D eigenvalue weighted by Crippen LogP contribution is 2.36. The lowest BCUT2D eigenvalue weighted by Crippen LogP contribution is -2.19. The smallest absolute Gasteiger partial charge is 0.123 e. The summed E-state index contributed by atoms with van der Waals surface area (Å²) < 4.78 is 18.4. The van der Waals surface area contributed by atoms with Crippen molar-refractivity contribution in [3.8, 4) is 0 Å². The second-order valence-electron chi connectivity index (χ2n) is 4.95. The topological polar surface area (TPSA) is 21.3 Å². The Hall–Kier alpha value is -0.580. The minimum absolute atomic E-state index is 0.153. The quantitative estimate of drug-likeness (QED) is 0.773. The Morgan fingerprint density at radius 2 is 2.16 bits per heavy atom. The molecule has 2 rings (SSSR count). The van der Waals surface area contributed by atoms with Gasteiger partial charge in [0.1, 0.15) is 5.82 Å². The average Bonchev–Trinajstić information content (AvgIpc) is 2.90. The molecule has 1 aliphatic rings. The Morgan fingerprint density at radius 3 is 2.89 bits per heavy atom. The van der Waals surface area contributed by atoms with E-state index in [1.165, 1.54) is 30.6 Å². The molecule has 0 aliphatic heterocycles. The number of ether oxygens (including phenoxy) is 1. The number of nitrogens with one attached hydrogen (secondary N) is 1. The van der Waals surface area contributed by atoms with Crippen LogP contribution < -0.4 is 5.32 Å². The molecule has 0 amide bonds. The minimum atomic E-state index is -0.153. The molecule has 1 aromatic carbocycles. The fourth-order valence-corrected chi connectivity index (χ4v) is 3.74. The van der Waals surface area contributed by atoms with Gasteiger partial charge in [-0.15, -0.1) is 11.8 Å². The monoisotopic (exact) mass is 283 g/mol. The highest BCUT2D eigenvalue weighted by atomic mass is 32.2. The van der Waals surface area contributed by atoms with Crippen molar-refractivity contribution in [2.45, 2.75) is 42.4 Å². The van der Waals surface area contributed by atoms with E-state index < -0.39 is 0 Å². The van der Waals surface area contributed by atoms with Crippen LogP contribution in [-0.4, -0.2) is 25.5 Å². The maximum Gasteiger partial charge on any atom is 0.123 e. The molecule has 4 heteroatoms. The van der Waals surface area contributed by atoms with E-state index in [4.69, 9.17) is 4.74 Å². The Balaban J connectivity index is 1.95. The van der Waals surface area contributed by atoms with Gasteiger partial charge in [-0.25, -0.2) is 4.39 Å². The van der Waals surface area contributed by atoms with E-state index in [2.05, 4.69) is 5.32 Å². The molecule has 0 saturated heterocycles. The zero-order valence-corrected chi connectivity index (χ0v) is 12.3. The SMILES string of the molecule is COCCNCc1cc(F)ccc1SC1CCCC1. The summed E-state index contributed by atoms with van der Waals surface area (Å²) in [6, 6.07) is 5.14. The second kappa shape index (κ2) is 7.88. The van der Waals surface area contributed by atoms with Crippen molar-refractivity contribution < 1.29 is 9.13 Å². The van der Waals surface area contributed by atoms with Crippen molar-refractivity contribution in [3.05, 3.63) is 29.6 Å². The van der Waals surface area contributed by atoms with Crippen LogP contribution in [0.5, 0.6) is 0 Å². The normalized spacial score (nSPS) is 16.1. The molecule has 0 radical (unpaired) electrons. The number of halogens is 1. The number of rotatable bonds is 7. The molecule has 1 fully saturated rings. The molecule has 1 aliphatic carbocycles. The molecule has 0 bridgehead atoms. The van der Waals surface area contributed by atoms with Crippen LogP contribution in [0.1, 0.15) is 31.2 Å². The van der Waals surface area contributed by atoms with Crippen molar-refractivity contribution >= 4 is 11.8 Å². The van der Waals surface area contributed by atoms with Crippen molar-refractivity contribution in [1.82, 2.24) is 5.32 Å². The first kappa shape index (κ1) is 14.8. The van der Waals surface area contributed by atoms with Gasteiger partial charge in [0.2, 0.25) is 0 Å². The molecule has 0 unspecified atom stereocenters. The minimum Gasteiger partial charge on any atom is -0.383 e. The van der Waals surface area contributed by atoms with E-state index in [1.807, 2.05) is 17.8 Å². The molecular formula is C15H22FNOS. The van der Waals surface area contributed by atoms with E-state index >= 15 is 0 Å². The van der Waals surface area contributed by atoms with Crippen molar-refractivity contribution in [3.63, 3.8) is 0 Å². The number of benzene rings is 1. The third kappa shape index (κ3) is 4.79. The first-order chi connectivity index (χ1) is 9.29. The van der Waals surface area contributed by atoms with E-state index in [-0.39, 0.29) is 5.82 Å². The molecule has 0 atom stereocenters. The number of methoxy groups -OCH3 is 1. The second-order valence-corrected chi connectivity index (χ2v) is 6.29. The van der Waals surface area contributed by atoms with Crippen molar-refractivity contribution in [2.24, 2.45) is 0 Å². The van der Waals surface area contributed by atoms with Crippen LogP contribution in [0, 0.1) is 5.82 Å². The van der Waals surface area contributed by atoms with Gasteiger partial charge >= 0.3 is 0 Å². The predicted octanol–water partition coefficient (Wildman–Crippen LogP) is 3.60. The van der Waals surface area contributed by atoms with Gasteiger partial charge in [0.15, 0.2) is 0 Å². The van der Waals surface area contributed by atoms with E-state index in [0.29, 0.717) is 18.4 Å². The molecule has 106 valence electrons. The van der Waals surface area contributed by atoms with Gasteiger partial charge < -0.3 is 10.1 Å². The van der Waals surface area contributed by atoms with Gasteiger partial charge in [-0.1, -0.05) is 12.8 Å². The number of hydrogen-bond acceptors (Lipinski definition) is 3. The van der Waals surface area contributed by atoms with Crippen LogP contribution in [0.15, 0.2) is 23.1 Å². The first-order valence-electron chi connectivity index (χ1n) is 6.94. The van der Waals surface area contributed by atoms with Gasteiger partial charge in [0, 0.05) is 30.3 Å². The van der Waals surface area contributed by atoms with Crippen LogP contribution in [-0.2, 0) is 11.3 Å². The predicted molar refractivity (Wildman–Crippen MR) is 78.1 cm³/mol. The van der Waals surface area contributed by atoms with Gasteiger partial charge in [-0.3, -0.25) is 0 Å². The Bertz CT molecular complexity index is 394. The molecular weight excluding hydrogens is 261 g/mol. The lowest BCUT2D eigenvalue weighted by Gasteiger charge is -2.14. The standard InChI is InChI=1S/C15H22FNOS/c1-18-9-8-17-11-12-10-13(16)6-7-15(12)19-14-4-2-3-5-14/h6-7,10,14,17H,2-5,8-9,11H2,1H3. The Morgan fingerprint density at radius 1 is 1.37 bits per heavy atom. The highest BCUT2D eigenvalue weighted by Gasteiger charge is 2.17. The fourth-order valence-electron chi connectivity index (χ4n) is 2.38. The zero-order chi connectivity index (χ0) is 13.5. The lowest BCUT2D eigenvalue weighted by molar-refractivity contribution is 0.199. The highest BCUT2D eigenvalue weighted by molar-refractivity contribution is 8.00. The molecule has 0 heterocycles. The van der Waals surface area contributed by atoms with E-state index in [0.717, 1.165) is 12.1 Å². The van der Waals surface area contributed by atoms with Crippen LogP contribution in [0.4, 0.5) is 4.39 Å². The van der Waals surface area contributed by atoms with Crippen molar-refractivity contribution in [2.75, 3.05) is 20.3 Å². The fraction of sp³-hybridized carbons (Fsp3) is 0.600. The molecule has 1 N–H and O–H groups in total. The number of hydrogen-bond donors (Lipinski definition) is 1. The maximum atomic E-state index is 13.4.